The van der Waals surface area contributed by atoms with Gasteiger partial charge in [-0.2, -0.15) is 0 Å². The van der Waals surface area contributed by atoms with Crippen LogP contribution in [0.1, 0.15) is 22.1 Å². The molecule has 2 N–H and O–H groups in total. The summed E-state index contributed by atoms with van der Waals surface area (Å²) in [5.74, 6) is -2.46. The largest absolute Gasteiger partial charge is 1.00 e. The molecule has 5 heteroatoms. The summed E-state index contributed by atoms with van der Waals surface area (Å²) < 4.78 is 0. The average Bonchev–Trinajstić information content (AvgIpc) is 2.04. The number of carboxylic acid groups (broad SMARTS) is 2. The van der Waals surface area contributed by atoms with Crippen molar-refractivity contribution in [3.63, 3.8) is 0 Å². The third-order valence-corrected chi connectivity index (χ3v) is 1.39. The fraction of sp³-hybridized carbons (Fsp3) is 0. The molecule has 0 saturated heterocycles. The van der Waals surface area contributed by atoms with Crippen LogP contribution >= 0.6 is 0 Å². The molecule has 13 heavy (non-hydrogen) atoms. The minimum atomic E-state index is -1.23. The molecule has 0 aromatic heterocycles. The standard InChI is InChI=1S/C8H6O4.Rb.H/c9-7(10)5-3-1-2-4-6(5)8(11)12;;/h1-4H,(H,9,10)(H,11,12);;/q;+1;-1. The van der Waals surface area contributed by atoms with Crippen LogP contribution in [-0.4, -0.2) is 22.2 Å². The number of aromatic carboxylic acids is 2. The Hall–Kier alpha value is -0.0348. The number of rotatable bonds is 2. The van der Waals surface area contributed by atoms with Crippen molar-refractivity contribution in [1.82, 2.24) is 0 Å². The number of benzene rings is 1. The zero-order valence-electron chi connectivity index (χ0n) is 8.02. The Balaban J connectivity index is 0. The van der Waals surface area contributed by atoms with Gasteiger partial charge in [-0.05, 0) is 12.1 Å². The SMILES string of the molecule is O=C(O)c1ccccc1C(=O)O.[H-].[Rb+]. The quantitative estimate of drug-likeness (QED) is 0.651. The molecule has 0 bridgehead atoms. The monoisotopic (exact) mass is 252 g/mol. The number of carbonyl (C=O) groups is 2. The van der Waals surface area contributed by atoms with Crippen molar-refractivity contribution in [2.75, 3.05) is 0 Å². The van der Waals surface area contributed by atoms with Gasteiger partial charge in [-0.15, -0.1) is 0 Å². The Morgan fingerprint density at radius 2 is 1.31 bits per heavy atom. The van der Waals surface area contributed by atoms with E-state index in [0.717, 1.165) is 0 Å². The number of hydrogen-bond acceptors (Lipinski definition) is 2. The molecule has 0 atom stereocenters. The van der Waals surface area contributed by atoms with Gasteiger partial charge in [-0.1, -0.05) is 12.1 Å². The first-order valence-corrected chi connectivity index (χ1v) is 3.18. The molecule has 1 aromatic carbocycles. The van der Waals surface area contributed by atoms with Crippen LogP contribution in [0.4, 0.5) is 0 Å². The molecule has 1 aromatic rings. The molecule has 0 heterocycles. The molecule has 1 rings (SSSR count). The van der Waals surface area contributed by atoms with E-state index in [4.69, 9.17) is 10.2 Å². The summed E-state index contributed by atoms with van der Waals surface area (Å²) in [4.78, 5) is 20.9. The Bertz CT molecular complexity index is 307. The second kappa shape index (κ2) is 5.64. The van der Waals surface area contributed by atoms with Gasteiger partial charge in [0.05, 0.1) is 11.1 Å². The van der Waals surface area contributed by atoms with Crippen LogP contribution in [0.3, 0.4) is 0 Å². The van der Waals surface area contributed by atoms with E-state index in [2.05, 4.69) is 0 Å². The molecule has 64 valence electrons. The molecule has 0 radical (unpaired) electrons. The van der Waals surface area contributed by atoms with Crippen LogP contribution in [0, 0.1) is 0 Å². The zero-order valence-corrected chi connectivity index (χ0v) is 11.9. The topological polar surface area (TPSA) is 74.6 Å². The van der Waals surface area contributed by atoms with Crippen LogP contribution in [-0.2, 0) is 0 Å². The van der Waals surface area contributed by atoms with Crippen LogP contribution in [0.25, 0.3) is 0 Å². The first-order valence-electron chi connectivity index (χ1n) is 3.18. The Kier molecular flexibility index (Phi) is 5.63. The van der Waals surface area contributed by atoms with Gasteiger partial charge in [0.1, 0.15) is 0 Å². The number of hydrogen-bond donors (Lipinski definition) is 2. The zero-order chi connectivity index (χ0) is 9.14. The van der Waals surface area contributed by atoms with Crippen molar-refractivity contribution in [3.8, 4) is 0 Å². The van der Waals surface area contributed by atoms with Gasteiger partial charge in [-0.3, -0.25) is 0 Å². The van der Waals surface area contributed by atoms with Gasteiger partial charge in [-0.25, -0.2) is 9.59 Å². The van der Waals surface area contributed by atoms with Crippen LogP contribution < -0.4 is 58.2 Å². The van der Waals surface area contributed by atoms with E-state index in [1.165, 1.54) is 24.3 Å². The number of carboxylic acids is 2. The Labute approximate surface area is 125 Å². The van der Waals surface area contributed by atoms with Gasteiger partial charge < -0.3 is 11.6 Å². The summed E-state index contributed by atoms with van der Waals surface area (Å²) in [6, 6.07) is 5.48. The summed E-state index contributed by atoms with van der Waals surface area (Å²) in [7, 11) is 0. The fourth-order valence-corrected chi connectivity index (χ4v) is 0.856. The predicted molar refractivity (Wildman–Crippen MR) is 41.5 cm³/mol. The van der Waals surface area contributed by atoms with Crippen molar-refractivity contribution in [2.24, 2.45) is 0 Å². The first-order chi connectivity index (χ1) is 5.63. The van der Waals surface area contributed by atoms with E-state index in [0.29, 0.717) is 0 Å². The fourth-order valence-electron chi connectivity index (χ4n) is 0.856. The van der Waals surface area contributed by atoms with Crippen molar-refractivity contribution in [1.29, 1.82) is 0 Å². The molecule has 4 nitrogen and oxygen atoms in total. The maximum atomic E-state index is 10.5. The Morgan fingerprint density at radius 3 is 1.54 bits per heavy atom. The third kappa shape index (κ3) is 3.30. The second-order valence-electron chi connectivity index (χ2n) is 2.16. The molecule has 0 saturated carbocycles. The molecular formula is C8H7O4Rb. The molecule has 0 spiro atoms. The van der Waals surface area contributed by atoms with Crippen LogP contribution in [0.2, 0.25) is 0 Å². The smallest absolute Gasteiger partial charge is 1.00 e. The van der Waals surface area contributed by atoms with Gasteiger partial charge in [0, 0.05) is 0 Å². The molecular weight excluding hydrogens is 246 g/mol. The minimum Gasteiger partial charge on any atom is -1.00 e. The molecule has 0 aliphatic heterocycles. The normalized spacial score (nSPS) is 8.62. The van der Waals surface area contributed by atoms with Crippen LogP contribution in [0.15, 0.2) is 24.3 Å². The van der Waals surface area contributed by atoms with Gasteiger partial charge in [0.25, 0.3) is 0 Å². The third-order valence-electron chi connectivity index (χ3n) is 1.39. The first kappa shape index (κ1) is 13.0. The van der Waals surface area contributed by atoms with E-state index in [1.807, 2.05) is 0 Å². The minimum absolute atomic E-state index is 0. The maximum Gasteiger partial charge on any atom is 1.00 e. The average molecular weight is 253 g/mol. The van der Waals surface area contributed by atoms with Crippen molar-refractivity contribution < 1.29 is 79.4 Å². The van der Waals surface area contributed by atoms with E-state index in [9.17, 15) is 9.59 Å². The molecule has 0 aliphatic carbocycles. The predicted octanol–water partition coefficient (Wildman–Crippen LogP) is -1.80. The van der Waals surface area contributed by atoms with Crippen molar-refractivity contribution in [3.05, 3.63) is 35.4 Å². The molecule has 0 aliphatic rings. The maximum absolute atomic E-state index is 10.5. The van der Waals surface area contributed by atoms with Crippen molar-refractivity contribution >= 4 is 11.9 Å². The summed E-state index contributed by atoms with van der Waals surface area (Å²) in [6.07, 6.45) is 0. The van der Waals surface area contributed by atoms with Crippen LogP contribution in [0.5, 0.6) is 0 Å². The van der Waals surface area contributed by atoms with Gasteiger partial charge >= 0.3 is 70.1 Å². The van der Waals surface area contributed by atoms with E-state index in [1.54, 1.807) is 0 Å². The van der Waals surface area contributed by atoms with E-state index in [-0.39, 0.29) is 70.7 Å². The summed E-state index contributed by atoms with van der Waals surface area (Å²) in [5, 5.41) is 17.1. The summed E-state index contributed by atoms with van der Waals surface area (Å²) >= 11 is 0. The van der Waals surface area contributed by atoms with Gasteiger partial charge in [0.2, 0.25) is 0 Å². The molecule has 0 amide bonds. The van der Waals surface area contributed by atoms with Gasteiger partial charge in [0.15, 0.2) is 0 Å². The summed E-state index contributed by atoms with van der Waals surface area (Å²) in [5.41, 5.74) is -0.380. The second-order valence-corrected chi connectivity index (χ2v) is 2.16. The van der Waals surface area contributed by atoms with E-state index < -0.39 is 11.9 Å². The van der Waals surface area contributed by atoms with E-state index >= 15 is 0 Å². The van der Waals surface area contributed by atoms with Crippen molar-refractivity contribution in [2.45, 2.75) is 0 Å². The summed E-state index contributed by atoms with van der Waals surface area (Å²) in [6.45, 7) is 0. The molecule has 0 unspecified atom stereocenters. The molecule has 0 fully saturated rings. The Morgan fingerprint density at radius 1 is 1.00 bits per heavy atom.